The maximum atomic E-state index is 11.8. The highest BCUT2D eigenvalue weighted by molar-refractivity contribution is 7.98. The summed E-state index contributed by atoms with van der Waals surface area (Å²) in [6.45, 7) is 9.08. The van der Waals surface area contributed by atoms with Crippen LogP contribution in [0.15, 0.2) is 15.5 Å². The molecule has 0 spiro atoms. The monoisotopic (exact) mass is 431 g/mol. The van der Waals surface area contributed by atoms with E-state index in [1.54, 1.807) is 36.1 Å². The molecule has 0 amide bonds. The summed E-state index contributed by atoms with van der Waals surface area (Å²) < 4.78 is 10.6. The van der Waals surface area contributed by atoms with Crippen molar-refractivity contribution in [3.8, 4) is 0 Å². The molecule has 8 heteroatoms. The molecule has 1 saturated heterocycles. The molecule has 0 aliphatic carbocycles. The first-order chi connectivity index (χ1) is 14.0. The molecular weight excluding hydrogens is 406 g/mol. The summed E-state index contributed by atoms with van der Waals surface area (Å²) in [5.41, 5.74) is 1.72. The molecule has 154 valence electrons. The number of rotatable bonds is 6. The molecule has 0 unspecified atom stereocenters. The lowest BCUT2D eigenvalue weighted by molar-refractivity contribution is 0.0599. The van der Waals surface area contributed by atoms with Crippen LogP contribution in [0.5, 0.6) is 0 Å². The first kappa shape index (κ1) is 20.4. The maximum absolute atomic E-state index is 11.8. The third-order valence-electron chi connectivity index (χ3n) is 5.33. The Labute approximate surface area is 178 Å². The van der Waals surface area contributed by atoms with Crippen LogP contribution >= 0.6 is 23.1 Å². The smallest absolute Gasteiger partial charge is 0.341 e. The van der Waals surface area contributed by atoms with Gasteiger partial charge in [0.2, 0.25) is 0 Å². The van der Waals surface area contributed by atoms with Gasteiger partial charge >= 0.3 is 5.97 Å². The number of esters is 1. The number of thiophene rings is 1. The summed E-state index contributed by atoms with van der Waals surface area (Å²) in [5, 5.41) is 2.12. The van der Waals surface area contributed by atoms with Crippen LogP contribution in [-0.4, -0.2) is 41.0 Å². The van der Waals surface area contributed by atoms with E-state index in [2.05, 4.69) is 18.7 Å². The van der Waals surface area contributed by atoms with Crippen molar-refractivity contribution in [2.24, 2.45) is 0 Å². The quantitative estimate of drug-likeness (QED) is 0.313. The zero-order valence-corrected chi connectivity index (χ0v) is 18.8. The van der Waals surface area contributed by atoms with Crippen LogP contribution in [-0.2, 0) is 17.0 Å². The molecule has 3 aromatic heterocycles. The summed E-state index contributed by atoms with van der Waals surface area (Å²) in [6, 6.07) is 1.77. The molecule has 0 bridgehead atoms. The second-order valence-electron chi connectivity index (χ2n) is 7.35. The second kappa shape index (κ2) is 8.45. The zero-order chi connectivity index (χ0) is 20.5. The number of likely N-dealkylation sites (tertiary alicyclic amines) is 1. The number of carbonyl (C=O) groups excluding carboxylic acids is 1. The van der Waals surface area contributed by atoms with Gasteiger partial charge in [-0.1, -0.05) is 11.8 Å². The first-order valence-electron chi connectivity index (χ1n) is 9.75. The Hall–Kier alpha value is -1.90. The number of nitrogens with zero attached hydrogens (tertiary/aromatic N) is 3. The Kier molecular flexibility index (Phi) is 5.94. The Morgan fingerprint density at radius 3 is 2.76 bits per heavy atom. The van der Waals surface area contributed by atoms with Crippen LogP contribution in [0.1, 0.15) is 51.0 Å². The summed E-state index contributed by atoms with van der Waals surface area (Å²) in [7, 11) is 1.38. The number of ether oxygens (including phenoxy) is 1. The number of hydrogen-bond donors (Lipinski definition) is 0. The topological polar surface area (TPSA) is 68.5 Å². The predicted octanol–water partition coefficient (Wildman–Crippen LogP) is 4.88. The molecule has 0 atom stereocenters. The molecule has 4 rings (SSSR count). The van der Waals surface area contributed by atoms with Gasteiger partial charge in [0.25, 0.3) is 0 Å². The molecule has 6 nitrogen and oxygen atoms in total. The zero-order valence-electron chi connectivity index (χ0n) is 17.2. The van der Waals surface area contributed by atoms with Crippen molar-refractivity contribution in [3.63, 3.8) is 0 Å². The third kappa shape index (κ3) is 4.20. The van der Waals surface area contributed by atoms with Crippen LogP contribution < -0.4 is 0 Å². The van der Waals surface area contributed by atoms with E-state index in [4.69, 9.17) is 19.1 Å². The number of hydrogen-bond acceptors (Lipinski definition) is 8. The van der Waals surface area contributed by atoms with Gasteiger partial charge in [-0.3, -0.25) is 4.90 Å². The van der Waals surface area contributed by atoms with Crippen LogP contribution in [0.25, 0.3) is 10.2 Å². The van der Waals surface area contributed by atoms with Gasteiger partial charge in [0, 0.05) is 10.3 Å². The van der Waals surface area contributed by atoms with Crippen molar-refractivity contribution in [2.45, 2.75) is 50.9 Å². The molecule has 1 aliphatic rings. The minimum Gasteiger partial charge on any atom is -0.465 e. The fraction of sp³-hybridized carbons (Fsp3) is 0.476. The van der Waals surface area contributed by atoms with Gasteiger partial charge in [0.15, 0.2) is 0 Å². The van der Waals surface area contributed by atoms with E-state index in [1.165, 1.54) is 30.4 Å². The summed E-state index contributed by atoms with van der Waals surface area (Å²) >= 11 is 3.37. The fourth-order valence-electron chi connectivity index (χ4n) is 3.64. The Balaban J connectivity index is 1.62. The lowest BCUT2D eigenvalue weighted by Gasteiger charge is -2.14. The normalized spacial score (nSPS) is 14.8. The molecular formula is C21H25N3O3S2. The third-order valence-corrected chi connectivity index (χ3v) is 7.43. The summed E-state index contributed by atoms with van der Waals surface area (Å²) in [4.78, 5) is 26.4. The number of fused-ring (bicyclic) bond motifs is 1. The van der Waals surface area contributed by atoms with E-state index >= 15 is 0 Å². The Morgan fingerprint density at radius 2 is 2.03 bits per heavy atom. The van der Waals surface area contributed by atoms with Crippen molar-refractivity contribution >= 4 is 39.3 Å². The molecule has 1 fully saturated rings. The summed E-state index contributed by atoms with van der Waals surface area (Å²) in [5.74, 6) is 2.43. The number of thioether (sulfide) groups is 1. The molecule has 1 aliphatic heterocycles. The van der Waals surface area contributed by atoms with Crippen molar-refractivity contribution in [1.82, 2.24) is 14.9 Å². The van der Waals surface area contributed by atoms with E-state index < -0.39 is 0 Å². The van der Waals surface area contributed by atoms with E-state index in [-0.39, 0.29) is 5.97 Å². The minimum absolute atomic E-state index is 0.371. The average Bonchev–Trinajstić information content (AvgIpc) is 3.40. The van der Waals surface area contributed by atoms with Crippen LogP contribution in [0, 0.1) is 20.8 Å². The van der Waals surface area contributed by atoms with Gasteiger partial charge < -0.3 is 9.15 Å². The van der Waals surface area contributed by atoms with Crippen molar-refractivity contribution in [1.29, 1.82) is 0 Å². The summed E-state index contributed by atoms with van der Waals surface area (Å²) in [6.07, 6.45) is 2.50. The molecule has 0 radical (unpaired) electrons. The Bertz CT molecular complexity index is 1050. The number of aromatic nitrogens is 2. The van der Waals surface area contributed by atoms with Gasteiger partial charge in [0.05, 0.1) is 19.4 Å². The van der Waals surface area contributed by atoms with Crippen LogP contribution in [0.2, 0.25) is 0 Å². The van der Waals surface area contributed by atoms with Gasteiger partial charge in [-0.2, -0.15) is 0 Å². The van der Waals surface area contributed by atoms with Crippen molar-refractivity contribution in [2.75, 3.05) is 20.2 Å². The van der Waals surface area contributed by atoms with E-state index in [0.717, 1.165) is 46.5 Å². The predicted molar refractivity (Wildman–Crippen MR) is 116 cm³/mol. The first-order valence-corrected chi connectivity index (χ1v) is 11.6. The molecule has 0 aromatic carbocycles. The van der Waals surface area contributed by atoms with Crippen LogP contribution in [0.3, 0.4) is 0 Å². The fourth-order valence-corrected chi connectivity index (χ4v) is 5.74. The van der Waals surface area contributed by atoms with Crippen molar-refractivity contribution in [3.05, 3.63) is 39.4 Å². The highest BCUT2D eigenvalue weighted by Crippen LogP contribution is 2.37. The lowest BCUT2D eigenvalue weighted by atomic mass is 10.2. The van der Waals surface area contributed by atoms with Crippen molar-refractivity contribution < 1.29 is 13.9 Å². The molecule has 3 aromatic rings. The Morgan fingerprint density at radius 1 is 1.28 bits per heavy atom. The van der Waals surface area contributed by atoms with Gasteiger partial charge in [-0.15, -0.1) is 11.3 Å². The van der Waals surface area contributed by atoms with E-state index in [1.807, 2.05) is 0 Å². The maximum Gasteiger partial charge on any atom is 0.341 e. The SMILES string of the molecule is COC(=O)c1cc(CSc2nc(CN3CCCC3)nc3sc(C)c(C)c23)oc1C. The molecule has 29 heavy (non-hydrogen) atoms. The second-order valence-corrected chi connectivity index (χ2v) is 9.52. The number of aryl methyl sites for hydroxylation is 3. The molecule has 4 heterocycles. The van der Waals surface area contributed by atoms with E-state index in [0.29, 0.717) is 17.1 Å². The number of furan rings is 1. The molecule has 0 saturated carbocycles. The lowest BCUT2D eigenvalue weighted by Crippen LogP contribution is -2.20. The number of carbonyl (C=O) groups is 1. The molecule has 0 N–H and O–H groups in total. The largest absolute Gasteiger partial charge is 0.465 e. The average molecular weight is 432 g/mol. The highest BCUT2D eigenvalue weighted by atomic mass is 32.2. The highest BCUT2D eigenvalue weighted by Gasteiger charge is 2.20. The van der Waals surface area contributed by atoms with Crippen LogP contribution in [0.4, 0.5) is 0 Å². The van der Waals surface area contributed by atoms with Gasteiger partial charge in [-0.05, 0) is 58.3 Å². The minimum atomic E-state index is -0.371. The van der Waals surface area contributed by atoms with Gasteiger partial charge in [-0.25, -0.2) is 14.8 Å². The van der Waals surface area contributed by atoms with Gasteiger partial charge in [0.1, 0.15) is 32.8 Å². The standard InChI is InChI=1S/C21H25N3O3S2/c1-12-14(3)29-20-18(12)19(22-17(23-20)10-24-7-5-6-8-24)28-11-15-9-16(13(2)27-15)21(25)26-4/h9H,5-8,10-11H2,1-4H3. The number of methoxy groups -OCH3 is 1. The van der Waals surface area contributed by atoms with E-state index in [9.17, 15) is 4.79 Å².